The third-order valence-electron chi connectivity index (χ3n) is 2.56. The molecule has 0 radical (unpaired) electrons. The van der Waals surface area contributed by atoms with Crippen LogP contribution in [0.25, 0.3) is 0 Å². The third-order valence-corrected chi connectivity index (χ3v) is 2.56. The highest BCUT2D eigenvalue weighted by atomic mass is 19.4. The minimum atomic E-state index is -5.69. The Kier molecular flexibility index (Phi) is 4.36. The molecule has 0 bridgehead atoms. The molecule has 8 heteroatoms. The molecule has 0 aliphatic heterocycles. The Bertz CT molecular complexity index is 492. The molecular weight excluding hydrogens is 288 g/mol. The fourth-order valence-electron chi connectivity index (χ4n) is 1.64. The van der Waals surface area contributed by atoms with E-state index in [0.717, 1.165) is 5.56 Å². The van der Waals surface area contributed by atoms with Crippen molar-refractivity contribution in [1.29, 1.82) is 0 Å². The van der Waals surface area contributed by atoms with E-state index < -0.39 is 24.2 Å². The second-order valence-corrected chi connectivity index (χ2v) is 4.32. The van der Waals surface area contributed by atoms with E-state index in [1.807, 2.05) is 0 Å². The number of carbonyl (C=O) groups is 1. The molecule has 1 aromatic carbocycles. The average Bonchev–Trinajstić information content (AvgIpc) is 2.17. The minimum absolute atomic E-state index is 0.0842. The number of hydrogen-bond donors (Lipinski definition) is 1. The van der Waals surface area contributed by atoms with Gasteiger partial charge in [-0.2, -0.15) is 26.3 Å². The molecule has 0 spiro atoms. The second-order valence-electron chi connectivity index (χ2n) is 4.32. The summed E-state index contributed by atoms with van der Waals surface area (Å²) < 4.78 is 74.1. The zero-order valence-corrected chi connectivity index (χ0v) is 10.5. The van der Waals surface area contributed by atoms with Crippen molar-refractivity contribution >= 4 is 11.6 Å². The monoisotopic (exact) mass is 299 g/mol. The number of nitrogens with one attached hydrogen (secondary N) is 1. The van der Waals surface area contributed by atoms with Crippen molar-refractivity contribution < 1.29 is 31.1 Å². The Morgan fingerprint density at radius 2 is 1.55 bits per heavy atom. The summed E-state index contributed by atoms with van der Waals surface area (Å²) in [4.78, 5) is 11.3. The molecule has 1 N–H and O–H groups in total. The highest BCUT2D eigenvalue weighted by Gasteiger charge is 2.61. The van der Waals surface area contributed by atoms with Crippen molar-refractivity contribution in [1.82, 2.24) is 0 Å². The van der Waals surface area contributed by atoms with Crippen LogP contribution in [0.2, 0.25) is 0 Å². The second kappa shape index (κ2) is 5.34. The molecule has 112 valence electrons. The minimum Gasteiger partial charge on any atom is -0.325 e. The van der Waals surface area contributed by atoms with Gasteiger partial charge in [0.15, 0.2) is 0 Å². The van der Waals surface area contributed by atoms with Gasteiger partial charge in [-0.05, 0) is 25.5 Å². The Morgan fingerprint density at radius 3 is 1.95 bits per heavy atom. The Balaban J connectivity index is 3.04. The summed E-state index contributed by atoms with van der Waals surface area (Å²) in [6.45, 7) is 3.17. The molecule has 0 atom stereocenters. The number of carbonyl (C=O) groups excluding carboxylic acids is 1. The number of aryl methyl sites for hydroxylation is 2. The van der Waals surface area contributed by atoms with Crippen molar-refractivity contribution in [3.63, 3.8) is 0 Å². The number of anilines is 1. The van der Waals surface area contributed by atoms with Gasteiger partial charge >= 0.3 is 12.4 Å². The summed E-state index contributed by atoms with van der Waals surface area (Å²) in [5.74, 6) is -6.19. The van der Waals surface area contributed by atoms with Crippen LogP contribution < -0.4 is 5.32 Å². The van der Waals surface area contributed by atoms with Crippen LogP contribution in [0.5, 0.6) is 0 Å². The number of benzene rings is 1. The van der Waals surface area contributed by atoms with Crippen LogP contribution in [-0.4, -0.2) is 18.3 Å². The number of halogens is 6. The lowest BCUT2D eigenvalue weighted by Crippen LogP contribution is -2.45. The van der Waals surface area contributed by atoms with Crippen molar-refractivity contribution in [2.45, 2.75) is 26.2 Å². The van der Waals surface area contributed by atoms with E-state index in [-0.39, 0.29) is 5.69 Å². The molecule has 0 aliphatic rings. The first-order valence-corrected chi connectivity index (χ1v) is 5.44. The van der Waals surface area contributed by atoms with Crippen molar-refractivity contribution in [3.05, 3.63) is 29.3 Å². The van der Waals surface area contributed by atoms with Gasteiger partial charge in [-0.25, -0.2) is 0 Å². The standard InChI is InChI=1S/C12H11F6NO/c1-6-3-4-8(7(2)5-6)19-10(20)9(11(13,14)15)12(16,17)18/h3-5,9H,1-2H3,(H,19,20). The third kappa shape index (κ3) is 3.88. The molecule has 1 rings (SSSR count). The van der Waals surface area contributed by atoms with E-state index in [1.54, 1.807) is 12.2 Å². The van der Waals surface area contributed by atoms with Crippen LogP contribution in [0.15, 0.2) is 18.2 Å². The number of hydrogen-bond acceptors (Lipinski definition) is 1. The fourth-order valence-corrected chi connectivity index (χ4v) is 1.64. The van der Waals surface area contributed by atoms with E-state index in [2.05, 4.69) is 0 Å². The smallest absolute Gasteiger partial charge is 0.325 e. The average molecular weight is 299 g/mol. The molecule has 1 amide bonds. The first-order valence-electron chi connectivity index (χ1n) is 5.44. The summed E-state index contributed by atoms with van der Waals surface area (Å²) >= 11 is 0. The Labute approximate surface area is 110 Å². The molecule has 0 heterocycles. The van der Waals surface area contributed by atoms with Crippen molar-refractivity contribution in [2.24, 2.45) is 5.92 Å². The van der Waals surface area contributed by atoms with Gasteiger partial charge in [0.05, 0.1) is 0 Å². The molecule has 20 heavy (non-hydrogen) atoms. The molecule has 2 nitrogen and oxygen atoms in total. The lowest BCUT2D eigenvalue weighted by Gasteiger charge is -2.22. The molecule has 0 saturated carbocycles. The molecule has 0 aliphatic carbocycles. The van der Waals surface area contributed by atoms with Crippen LogP contribution in [0.1, 0.15) is 11.1 Å². The van der Waals surface area contributed by atoms with Crippen LogP contribution in [0.4, 0.5) is 32.0 Å². The van der Waals surface area contributed by atoms with Gasteiger partial charge in [0.2, 0.25) is 11.8 Å². The number of rotatable bonds is 2. The Morgan fingerprint density at radius 1 is 1.05 bits per heavy atom. The lowest BCUT2D eigenvalue weighted by molar-refractivity contribution is -0.272. The summed E-state index contributed by atoms with van der Waals surface area (Å²) in [5.41, 5.74) is 1.06. The van der Waals surface area contributed by atoms with E-state index >= 15 is 0 Å². The quantitative estimate of drug-likeness (QED) is 0.822. The summed E-state index contributed by atoms with van der Waals surface area (Å²) in [7, 11) is 0. The maximum absolute atomic E-state index is 12.4. The van der Waals surface area contributed by atoms with Crippen LogP contribution in [0, 0.1) is 19.8 Å². The first-order chi connectivity index (χ1) is 8.93. The summed E-state index contributed by atoms with van der Waals surface area (Å²) in [5, 5.41) is 1.67. The van der Waals surface area contributed by atoms with Gasteiger partial charge < -0.3 is 5.32 Å². The number of alkyl halides is 6. The molecule has 1 aromatic rings. The Hall–Kier alpha value is -1.73. The van der Waals surface area contributed by atoms with Gasteiger partial charge in [0.25, 0.3) is 0 Å². The molecular formula is C12H11F6NO. The van der Waals surface area contributed by atoms with Gasteiger partial charge in [-0.1, -0.05) is 17.7 Å². The fraction of sp³-hybridized carbons (Fsp3) is 0.417. The molecule has 0 unspecified atom stereocenters. The van der Waals surface area contributed by atoms with Crippen LogP contribution in [0.3, 0.4) is 0 Å². The van der Waals surface area contributed by atoms with Gasteiger partial charge in [0.1, 0.15) is 0 Å². The molecule has 0 saturated heterocycles. The van der Waals surface area contributed by atoms with Gasteiger partial charge in [-0.3, -0.25) is 4.79 Å². The van der Waals surface area contributed by atoms with Crippen LogP contribution >= 0.6 is 0 Å². The molecule has 0 fully saturated rings. The topological polar surface area (TPSA) is 29.1 Å². The maximum atomic E-state index is 12.4. The summed E-state index contributed by atoms with van der Waals surface area (Å²) in [6.07, 6.45) is -11.4. The first kappa shape index (κ1) is 16.3. The zero-order valence-electron chi connectivity index (χ0n) is 10.5. The number of amides is 1. The predicted molar refractivity (Wildman–Crippen MR) is 60.1 cm³/mol. The van der Waals surface area contributed by atoms with Crippen molar-refractivity contribution in [3.8, 4) is 0 Å². The molecule has 0 aromatic heterocycles. The highest BCUT2D eigenvalue weighted by Crippen LogP contribution is 2.40. The van der Waals surface area contributed by atoms with E-state index in [4.69, 9.17) is 0 Å². The van der Waals surface area contributed by atoms with E-state index in [1.165, 1.54) is 25.1 Å². The predicted octanol–water partition coefficient (Wildman–Crippen LogP) is 3.98. The lowest BCUT2D eigenvalue weighted by atomic mass is 10.1. The van der Waals surface area contributed by atoms with Crippen LogP contribution in [-0.2, 0) is 4.79 Å². The van der Waals surface area contributed by atoms with Gasteiger partial charge in [-0.15, -0.1) is 0 Å². The van der Waals surface area contributed by atoms with Crippen molar-refractivity contribution in [2.75, 3.05) is 5.32 Å². The van der Waals surface area contributed by atoms with E-state index in [9.17, 15) is 31.1 Å². The largest absolute Gasteiger partial charge is 0.409 e. The van der Waals surface area contributed by atoms with E-state index in [0.29, 0.717) is 5.56 Å². The maximum Gasteiger partial charge on any atom is 0.409 e. The van der Waals surface area contributed by atoms with Gasteiger partial charge in [0, 0.05) is 5.69 Å². The zero-order chi connectivity index (χ0) is 15.7. The SMILES string of the molecule is Cc1ccc(NC(=O)C(C(F)(F)F)C(F)(F)F)c(C)c1. The highest BCUT2D eigenvalue weighted by molar-refractivity contribution is 5.94. The summed E-state index contributed by atoms with van der Waals surface area (Å²) in [6, 6.07) is 4.26. The normalized spacial score (nSPS) is 12.7.